The molecule has 0 aliphatic carbocycles. The molecule has 4 nitrogen and oxygen atoms in total. The van der Waals surface area contributed by atoms with Gasteiger partial charge < -0.3 is 4.90 Å². The summed E-state index contributed by atoms with van der Waals surface area (Å²) in [6, 6.07) is 8.05. The molecule has 0 bridgehead atoms. The second kappa shape index (κ2) is 8.67. The lowest BCUT2D eigenvalue weighted by Crippen LogP contribution is -2.46. The third-order valence-corrected chi connectivity index (χ3v) is 5.52. The van der Waals surface area contributed by atoms with Gasteiger partial charge in [-0.05, 0) is 51.6 Å². The molecule has 0 radical (unpaired) electrons. The zero-order valence-electron chi connectivity index (χ0n) is 15.1. The lowest BCUT2D eigenvalue weighted by Gasteiger charge is -2.33. The third-order valence-electron chi connectivity index (χ3n) is 4.78. The molecule has 24 heavy (non-hydrogen) atoms. The molecular formula is C19H28N2O2S. The molecule has 0 N–H and O–H groups in total. The number of hydrogen-bond donors (Lipinski definition) is 0. The Labute approximate surface area is 149 Å². The summed E-state index contributed by atoms with van der Waals surface area (Å²) in [4.78, 5) is 30.1. The molecule has 132 valence electrons. The maximum atomic E-state index is 12.7. The van der Waals surface area contributed by atoms with Crippen molar-refractivity contribution in [1.82, 2.24) is 9.80 Å². The highest BCUT2D eigenvalue weighted by Crippen LogP contribution is 2.23. The second-order valence-corrected chi connectivity index (χ2v) is 7.65. The van der Waals surface area contributed by atoms with Crippen LogP contribution in [0.4, 0.5) is 0 Å². The van der Waals surface area contributed by atoms with E-state index in [-0.39, 0.29) is 23.7 Å². The van der Waals surface area contributed by atoms with Gasteiger partial charge in [-0.3, -0.25) is 14.5 Å². The van der Waals surface area contributed by atoms with Crippen molar-refractivity contribution >= 4 is 23.5 Å². The summed E-state index contributed by atoms with van der Waals surface area (Å²) < 4.78 is 0. The molecule has 1 saturated heterocycles. The topological polar surface area (TPSA) is 40.6 Å². The number of hydrogen-bond acceptors (Lipinski definition) is 4. The highest BCUT2D eigenvalue weighted by molar-refractivity contribution is 7.98. The van der Waals surface area contributed by atoms with E-state index in [1.165, 1.54) is 4.90 Å². The average Bonchev–Trinajstić information content (AvgIpc) is 2.60. The summed E-state index contributed by atoms with van der Waals surface area (Å²) in [6.07, 6.45) is 3.91. The van der Waals surface area contributed by atoms with Crippen molar-refractivity contribution in [3.05, 3.63) is 29.8 Å². The Morgan fingerprint density at radius 3 is 2.54 bits per heavy atom. The number of benzene rings is 1. The molecule has 0 saturated carbocycles. The van der Waals surface area contributed by atoms with E-state index in [2.05, 4.69) is 4.90 Å². The monoisotopic (exact) mass is 348 g/mol. The molecule has 1 amide bonds. The molecule has 1 aromatic rings. The normalized spacial score (nSPS) is 18.6. The summed E-state index contributed by atoms with van der Waals surface area (Å²) in [5.41, 5.74) is 0.783. The van der Waals surface area contributed by atoms with Crippen LogP contribution in [0.15, 0.2) is 29.2 Å². The molecule has 1 aliphatic heterocycles. The van der Waals surface area contributed by atoms with Gasteiger partial charge in [0.15, 0.2) is 5.78 Å². The van der Waals surface area contributed by atoms with Crippen molar-refractivity contribution in [1.29, 1.82) is 0 Å². The maximum absolute atomic E-state index is 12.7. The van der Waals surface area contributed by atoms with E-state index in [9.17, 15) is 9.59 Å². The Morgan fingerprint density at radius 1 is 1.29 bits per heavy atom. The number of carbonyl (C=O) groups is 2. The van der Waals surface area contributed by atoms with Crippen molar-refractivity contribution < 1.29 is 9.59 Å². The Hall–Kier alpha value is -1.33. The first-order valence-corrected chi connectivity index (χ1v) is 9.81. The van der Waals surface area contributed by atoms with Gasteiger partial charge >= 0.3 is 0 Å². The van der Waals surface area contributed by atoms with Gasteiger partial charge in [0.25, 0.3) is 0 Å². The smallest absolute Gasteiger partial charge is 0.236 e. The standard InChI is InChI=1S/C19H28N2O2S/c1-14(2)20(3)18(22)13-21-11-5-6-16(12-21)19(23)15-7-9-17(24-4)10-8-15/h7-10,14,16H,5-6,11-13H2,1-4H3/t16-/m0/s1. The quantitative estimate of drug-likeness (QED) is 0.585. The molecule has 0 unspecified atom stereocenters. The van der Waals surface area contributed by atoms with Gasteiger partial charge in [-0.2, -0.15) is 0 Å². The number of ketones is 1. The fourth-order valence-corrected chi connectivity index (χ4v) is 3.40. The van der Waals surface area contributed by atoms with Crippen LogP contribution in [0, 0.1) is 5.92 Å². The third kappa shape index (κ3) is 4.84. The number of likely N-dealkylation sites (N-methyl/N-ethyl adjacent to an activating group) is 1. The van der Waals surface area contributed by atoms with Crippen LogP contribution in [0.2, 0.25) is 0 Å². The van der Waals surface area contributed by atoms with Gasteiger partial charge in [0, 0.05) is 36.0 Å². The zero-order chi connectivity index (χ0) is 17.7. The number of carbonyl (C=O) groups excluding carboxylic acids is 2. The predicted molar refractivity (Wildman–Crippen MR) is 99.6 cm³/mol. The Bertz CT molecular complexity index is 571. The van der Waals surface area contributed by atoms with Crippen LogP contribution in [0.3, 0.4) is 0 Å². The molecule has 0 spiro atoms. The zero-order valence-corrected chi connectivity index (χ0v) is 15.9. The molecule has 1 aromatic carbocycles. The van der Waals surface area contributed by atoms with Crippen molar-refractivity contribution in [2.75, 3.05) is 32.9 Å². The highest BCUT2D eigenvalue weighted by atomic mass is 32.2. The lowest BCUT2D eigenvalue weighted by atomic mass is 9.90. The van der Waals surface area contributed by atoms with E-state index in [0.29, 0.717) is 13.1 Å². The van der Waals surface area contributed by atoms with Crippen molar-refractivity contribution in [2.24, 2.45) is 5.92 Å². The van der Waals surface area contributed by atoms with E-state index in [1.54, 1.807) is 16.7 Å². The summed E-state index contributed by atoms with van der Waals surface area (Å²) in [5.74, 6) is 0.329. The fraction of sp³-hybridized carbons (Fsp3) is 0.579. The van der Waals surface area contributed by atoms with Gasteiger partial charge in [-0.25, -0.2) is 0 Å². The summed E-state index contributed by atoms with van der Waals surface area (Å²) >= 11 is 1.68. The Morgan fingerprint density at radius 2 is 1.96 bits per heavy atom. The molecule has 1 heterocycles. The first-order valence-electron chi connectivity index (χ1n) is 8.58. The highest BCUT2D eigenvalue weighted by Gasteiger charge is 2.28. The van der Waals surface area contributed by atoms with Crippen LogP contribution in [0.1, 0.15) is 37.0 Å². The molecule has 0 aromatic heterocycles. The average molecular weight is 349 g/mol. The summed E-state index contributed by atoms with van der Waals surface area (Å²) in [6.45, 7) is 6.01. The molecular weight excluding hydrogens is 320 g/mol. The minimum atomic E-state index is -0.00367. The first kappa shape index (κ1) is 19.0. The number of amides is 1. The second-order valence-electron chi connectivity index (χ2n) is 6.77. The van der Waals surface area contributed by atoms with Gasteiger partial charge in [0.05, 0.1) is 6.54 Å². The number of likely N-dealkylation sites (tertiary alicyclic amines) is 1. The van der Waals surface area contributed by atoms with Crippen LogP contribution in [0.25, 0.3) is 0 Å². The molecule has 5 heteroatoms. The van der Waals surface area contributed by atoms with Gasteiger partial charge in [0.1, 0.15) is 0 Å². The van der Waals surface area contributed by atoms with E-state index in [4.69, 9.17) is 0 Å². The van der Waals surface area contributed by atoms with Crippen LogP contribution in [-0.4, -0.2) is 60.5 Å². The van der Waals surface area contributed by atoms with Gasteiger partial charge in [-0.1, -0.05) is 12.1 Å². The van der Waals surface area contributed by atoms with E-state index in [0.717, 1.165) is 24.9 Å². The summed E-state index contributed by atoms with van der Waals surface area (Å²) in [7, 11) is 1.84. The fourth-order valence-electron chi connectivity index (χ4n) is 2.99. The minimum absolute atomic E-state index is 0.00367. The molecule has 1 aliphatic rings. The Kier molecular flexibility index (Phi) is 6.87. The summed E-state index contributed by atoms with van der Waals surface area (Å²) in [5, 5.41) is 0. The number of rotatable bonds is 6. The molecule has 2 rings (SSSR count). The van der Waals surface area contributed by atoms with E-state index in [1.807, 2.05) is 51.4 Å². The predicted octanol–water partition coefficient (Wildman–Crippen LogP) is 3.17. The minimum Gasteiger partial charge on any atom is -0.342 e. The van der Waals surface area contributed by atoms with Crippen LogP contribution < -0.4 is 0 Å². The largest absolute Gasteiger partial charge is 0.342 e. The Balaban J connectivity index is 1.96. The molecule has 1 atom stereocenters. The number of piperidine rings is 1. The van der Waals surface area contributed by atoms with E-state index < -0.39 is 0 Å². The maximum Gasteiger partial charge on any atom is 0.236 e. The number of nitrogens with zero attached hydrogens (tertiary/aromatic N) is 2. The van der Waals surface area contributed by atoms with Gasteiger partial charge in [0.2, 0.25) is 5.91 Å². The SMILES string of the molecule is CSc1ccc(C(=O)[C@H]2CCCN(CC(=O)N(C)C(C)C)C2)cc1. The van der Waals surface area contributed by atoms with Crippen molar-refractivity contribution in [2.45, 2.75) is 37.6 Å². The number of thioether (sulfide) groups is 1. The van der Waals surface area contributed by atoms with Crippen molar-refractivity contribution in [3.63, 3.8) is 0 Å². The lowest BCUT2D eigenvalue weighted by molar-refractivity contribution is -0.132. The van der Waals surface area contributed by atoms with Crippen LogP contribution >= 0.6 is 11.8 Å². The number of Topliss-reactive ketones (excluding diaryl/α,β-unsaturated/α-hetero) is 1. The van der Waals surface area contributed by atoms with E-state index >= 15 is 0 Å². The first-order chi connectivity index (χ1) is 11.4. The van der Waals surface area contributed by atoms with Gasteiger partial charge in [-0.15, -0.1) is 11.8 Å². The van der Waals surface area contributed by atoms with Crippen molar-refractivity contribution in [3.8, 4) is 0 Å². The van der Waals surface area contributed by atoms with Crippen LogP contribution in [-0.2, 0) is 4.79 Å². The van der Waals surface area contributed by atoms with Crippen LogP contribution in [0.5, 0.6) is 0 Å². The molecule has 1 fully saturated rings.